The van der Waals surface area contributed by atoms with Gasteiger partial charge in [0.1, 0.15) is 15.0 Å². The van der Waals surface area contributed by atoms with E-state index in [2.05, 4.69) is 41.8 Å². The zero-order valence-electron chi connectivity index (χ0n) is 8.34. The standard InChI is InChI=1S/C11H7Br2FN2/c1-6-2-3-7(4-8(6)14)11-15-9(12)5-10(13)16-11/h2-5H,1H3. The minimum atomic E-state index is -0.253. The smallest absolute Gasteiger partial charge is 0.161 e. The van der Waals surface area contributed by atoms with Gasteiger partial charge >= 0.3 is 0 Å². The number of benzene rings is 1. The summed E-state index contributed by atoms with van der Waals surface area (Å²) in [6.45, 7) is 1.72. The van der Waals surface area contributed by atoms with E-state index in [4.69, 9.17) is 0 Å². The van der Waals surface area contributed by atoms with Crippen LogP contribution in [0.5, 0.6) is 0 Å². The van der Waals surface area contributed by atoms with E-state index in [1.807, 2.05) is 0 Å². The molecule has 0 radical (unpaired) electrons. The molecule has 0 N–H and O–H groups in total. The number of aromatic nitrogens is 2. The maximum absolute atomic E-state index is 13.4. The molecule has 0 aliphatic carbocycles. The van der Waals surface area contributed by atoms with Gasteiger partial charge < -0.3 is 0 Å². The fourth-order valence-electron chi connectivity index (χ4n) is 1.25. The summed E-state index contributed by atoms with van der Waals surface area (Å²) in [4.78, 5) is 8.37. The second-order valence-electron chi connectivity index (χ2n) is 3.30. The molecule has 0 unspecified atom stereocenters. The molecule has 16 heavy (non-hydrogen) atoms. The Morgan fingerprint density at radius 3 is 2.25 bits per heavy atom. The molecule has 0 spiro atoms. The first-order valence-corrected chi connectivity index (χ1v) is 6.11. The van der Waals surface area contributed by atoms with Crippen molar-refractivity contribution in [2.75, 3.05) is 0 Å². The van der Waals surface area contributed by atoms with Crippen LogP contribution in [0.15, 0.2) is 33.5 Å². The minimum Gasteiger partial charge on any atom is -0.221 e. The van der Waals surface area contributed by atoms with Gasteiger partial charge in [0.15, 0.2) is 5.82 Å². The lowest BCUT2D eigenvalue weighted by molar-refractivity contribution is 0.619. The van der Waals surface area contributed by atoms with Gasteiger partial charge in [0.05, 0.1) is 0 Å². The molecular weight excluding hydrogens is 339 g/mol. The van der Waals surface area contributed by atoms with E-state index in [1.54, 1.807) is 25.1 Å². The Morgan fingerprint density at radius 2 is 1.69 bits per heavy atom. The first-order valence-electron chi connectivity index (χ1n) is 4.53. The van der Waals surface area contributed by atoms with Crippen LogP contribution >= 0.6 is 31.9 Å². The van der Waals surface area contributed by atoms with Crippen molar-refractivity contribution in [1.82, 2.24) is 9.97 Å². The Balaban J connectivity index is 2.54. The second kappa shape index (κ2) is 4.59. The summed E-state index contributed by atoms with van der Waals surface area (Å²) in [5.74, 6) is 0.234. The van der Waals surface area contributed by atoms with E-state index >= 15 is 0 Å². The Labute approximate surface area is 109 Å². The molecule has 5 heteroatoms. The van der Waals surface area contributed by atoms with Crippen molar-refractivity contribution in [2.45, 2.75) is 6.92 Å². The lowest BCUT2D eigenvalue weighted by atomic mass is 10.1. The van der Waals surface area contributed by atoms with Crippen molar-refractivity contribution in [3.8, 4) is 11.4 Å². The maximum atomic E-state index is 13.4. The predicted octanol–water partition coefficient (Wildman–Crippen LogP) is 4.12. The molecule has 2 nitrogen and oxygen atoms in total. The summed E-state index contributed by atoms with van der Waals surface area (Å²) in [6.07, 6.45) is 0. The van der Waals surface area contributed by atoms with E-state index in [0.29, 0.717) is 26.2 Å². The van der Waals surface area contributed by atoms with Gasteiger partial charge in [-0.1, -0.05) is 12.1 Å². The fourth-order valence-corrected chi connectivity index (χ4v) is 2.33. The number of halogens is 3. The monoisotopic (exact) mass is 344 g/mol. The summed E-state index contributed by atoms with van der Waals surface area (Å²) >= 11 is 6.54. The Kier molecular flexibility index (Phi) is 3.35. The van der Waals surface area contributed by atoms with Gasteiger partial charge in [-0.2, -0.15) is 0 Å². The molecule has 2 rings (SSSR count). The van der Waals surface area contributed by atoms with Crippen LogP contribution in [0.1, 0.15) is 5.56 Å². The Morgan fingerprint density at radius 1 is 1.06 bits per heavy atom. The molecule has 0 aliphatic rings. The molecule has 82 valence electrons. The number of hydrogen-bond acceptors (Lipinski definition) is 2. The lowest BCUT2D eigenvalue weighted by Crippen LogP contribution is -1.92. The molecule has 1 heterocycles. The van der Waals surface area contributed by atoms with Crippen molar-refractivity contribution >= 4 is 31.9 Å². The topological polar surface area (TPSA) is 25.8 Å². The van der Waals surface area contributed by atoms with Gasteiger partial charge in [-0.05, 0) is 50.4 Å². The summed E-state index contributed by atoms with van der Waals surface area (Å²) < 4.78 is 14.7. The molecule has 2 aromatic rings. The van der Waals surface area contributed by atoms with Crippen molar-refractivity contribution in [1.29, 1.82) is 0 Å². The summed E-state index contributed by atoms with van der Waals surface area (Å²) in [7, 11) is 0. The highest BCUT2D eigenvalue weighted by atomic mass is 79.9. The van der Waals surface area contributed by atoms with Crippen molar-refractivity contribution in [2.24, 2.45) is 0 Å². The zero-order chi connectivity index (χ0) is 11.7. The van der Waals surface area contributed by atoms with Crippen LogP contribution in [0.3, 0.4) is 0 Å². The van der Waals surface area contributed by atoms with Crippen molar-refractivity contribution in [3.05, 3.63) is 44.9 Å². The lowest BCUT2D eigenvalue weighted by Gasteiger charge is -2.03. The van der Waals surface area contributed by atoms with Crippen LogP contribution in [0.2, 0.25) is 0 Å². The molecule has 1 aromatic heterocycles. The largest absolute Gasteiger partial charge is 0.221 e. The third-order valence-corrected chi connectivity index (χ3v) is 2.91. The average molecular weight is 346 g/mol. The van der Waals surface area contributed by atoms with Gasteiger partial charge in [-0.15, -0.1) is 0 Å². The molecule has 1 aromatic carbocycles. The van der Waals surface area contributed by atoms with Crippen LogP contribution in [0.25, 0.3) is 11.4 Å². The Hall–Kier alpha value is -0.810. The maximum Gasteiger partial charge on any atom is 0.161 e. The third-order valence-electron chi connectivity index (χ3n) is 2.09. The first kappa shape index (κ1) is 11.7. The van der Waals surface area contributed by atoms with E-state index in [0.717, 1.165) is 0 Å². The van der Waals surface area contributed by atoms with E-state index in [-0.39, 0.29) is 5.82 Å². The summed E-state index contributed by atoms with van der Waals surface area (Å²) in [5, 5.41) is 0. The number of nitrogens with zero attached hydrogens (tertiary/aromatic N) is 2. The van der Waals surface area contributed by atoms with Gasteiger partial charge in [-0.3, -0.25) is 0 Å². The van der Waals surface area contributed by atoms with E-state index < -0.39 is 0 Å². The first-order chi connectivity index (χ1) is 7.56. The molecule has 0 aliphatic heterocycles. The van der Waals surface area contributed by atoms with E-state index in [1.165, 1.54) is 6.07 Å². The van der Waals surface area contributed by atoms with Gasteiger partial charge in [-0.25, -0.2) is 14.4 Å². The molecule has 0 saturated carbocycles. The van der Waals surface area contributed by atoms with Crippen LogP contribution in [0.4, 0.5) is 4.39 Å². The fraction of sp³-hybridized carbons (Fsp3) is 0.0909. The van der Waals surface area contributed by atoms with Gasteiger partial charge in [0, 0.05) is 11.6 Å². The van der Waals surface area contributed by atoms with Crippen LogP contribution in [0, 0.1) is 12.7 Å². The molecule has 0 fully saturated rings. The molecular formula is C11H7Br2FN2. The SMILES string of the molecule is Cc1ccc(-c2nc(Br)cc(Br)n2)cc1F. The number of rotatable bonds is 1. The highest BCUT2D eigenvalue weighted by molar-refractivity contribution is 9.11. The van der Waals surface area contributed by atoms with Gasteiger partial charge in [0.25, 0.3) is 0 Å². The molecule has 0 saturated heterocycles. The minimum absolute atomic E-state index is 0.253. The quantitative estimate of drug-likeness (QED) is 0.727. The summed E-state index contributed by atoms with van der Waals surface area (Å²) in [5.41, 5.74) is 1.27. The summed E-state index contributed by atoms with van der Waals surface area (Å²) in [6, 6.07) is 6.67. The second-order valence-corrected chi connectivity index (χ2v) is 4.93. The Bertz CT molecular complexity index is 523. The van der Waals surface area contributed by atoms with Gasteiger partial charge in [0.2, 0.25) is 0 Å². The zero-order valence-corrected chi connectivity index (χ0v) is 11.5. The van der Waals surface area contributed by atoms with E-state index in [9.17, 15) is 4.39 Å². The van der Waals surface area contributed by atoms with Crippen molar-refractivity contribution < 1.29 is 4.39 Å². The number of aryl methyl sites for hydroxylation is 1. The average Bonchev–Trinajstić information content (AvgIpc) is 2.20. The molecule has 0 atom stereocenters. The number of hydrogen-bond donors (Lipinski definition) is 0. The van der Waals surface area contributed by atoms with Crippen LogP contribution in [-0.4, -0.2) is 9.97 Å². The van der Waals surface area contributed by atoms with Crippen LogP contribution in [-0.2, 0) is 0 Å². The predicted molar refractivity (Wildman–Crippen MR) is 67.6 cm³/mol. The molecule has 0 bridgehead atoms. The van der Waals surface area contributed by atoms with Crippen molar-refractivity contribution in [3.63, 3.8) is 0 Å². The van der Waals surface area contributed by atoms with Crippen LogP contribution < -0.4 is 0 Å². The third kappa shape index (κ3) is 2.47. The highest BCUT2D eigenvalue weighted by Crippen LogP contribution is 2.22. The molecule has 0 amide bonds. The highest BCUT2D eigenvalue weighted by Gasteiger charge is 2.06. The normalized spacial score (nSPS) is 10.5.